The largest absolute Gasteiger partial charge is 0.493 e. The number of nitrogens with zero attached hydrogens (tertiary/aromatic N) is 1. The smallest absolute Gasteiger partial charge is 0.251 e. The van der Waals surface area contributed by atoms with Gasteiger partial charge in [0.15, 0.2) is 11.5 Å². The average Bonchev–Trinajstić information content (AvgIpc) is 3.66. The molecule has 1 heterocycles. The molecule has 0 bridgehead atoms. The Bertz CT molecular complexity index is 1390. The molecular formula is C26H24IN3O4. The molecule has 1 aromatic heterocycles. The highest BCUT2D eigenvalue weighted by molar-refractivity contribution is 14.1. The molecule has 34 heavy (non-hydrogen) atoms. The van der Waals surface area contributed by atoms with Gasteiger partial charge in [-0.05, 0) is 60.0 Å². The van der Waals surface area contributed by atoms with Crippen molar-refractivity contribution in [1.29, 1.82) is 0 Å². The van der Waals surface area contributed by atoms with Crippen LogP contribution in [-0.4, -0.2) is 37.2 Å². The normalized spacial score (nSPS) is 14.1. The highest BCUT2D eigenvalue weighted by Gasteiger charge is 2.43. The number of carbonyl (C=O) groups is 1. The summed E-state index contributed by atoms with van der Waals surface area (Å²) in [6, 6.07) is 16.9. The van der Waals surface area contributed by atoms with Gasteiger partial charge in [-0.2, -0.15) is 0 Å². The lowest BCUT2D eigenvalue weighted by Gasteiger charge is -2.17. The second kappa shape index (κ2) is 9.27. The molecule has 1 saturated carbocycles. The lowest BCUT2D eigenvalue weighted by Crippen LogP contribution is -2.29. The molecule has 2 N–H and O–H groups in total. The first-order chi connectivity index (χ1) is 16.6. The van der Waals surface area contributed by atoms with Crippen LogP contribution in [0.15, 0.2) is 60.8 Å². The molecule has 1 aliphatic carbocycles. The van der Waals surface area contributed by atoms with Crippen molar-refractivity contribution < 1.29 is 19.0 Å². The van der Waals surface area contributed by atoms with Gasteiger partial charge in [0.2, 0.25) is 0 Å². The molecule has 5 rings (SSSR count). The minimum atomic E-state index is -0.119. The second-order valence-electron chi connectivity index (χ2n) is 8.36. The number of pyridine rings is 1. The summed E-state index contributed by atoms with van der Waals surface area (Å²) in [6.07, 6.45) is 3.91. The number of ether oxygens (including phenoxy) is 3. The van der Waals surface area contributed by atoms with Gasteiger partial charge < -0.3 is 19.5 Å². The van der Waals surface area contributed by atoms with Gasteiger partial charge in [0, 0.05) is 53.1 Å². The number of hydrogen-bond donors (Lipinski definition) is 2. The summed E-state index contributed by atoms with van der Waals surface area (Å²) in [5, 5.41) is 5.29. The number of amides is 1. The zero-order valence-electron chi connectivity index (χ0n) is 18.9. The fourth-order valence-electron chi connectivity index (χ4n) is 3.91. The van der Waals surface area contributed by atoms with Crippen LogP contribution in [0.2, 0.25) is 0 Å². The van der Waals surface area contributed by atoms with Crippen LogP contribution in [0, 0.1) is 0 Å². The van der Waals surface area contributed by atoms with Gasteiger partial charge in [0.1, 0.15) is 18.1 Å². The lowest BCUT2D eigenvalue weighted by molar-refractivity contribution is 0.0964. The van der Waals surface area contributed by atoms with Crippen LogP contribution in [0.3, 0.4) is 0 Å². The first-order valence-electron chi connectivity index (χ1n) is 11.0. The van der Waals surface area contributed by atoms with Gasteiger partial charge in [-0.25, -0.2) is 0 Å². The van der Waals surface area contributed by atoms with E-state index in [1.165, 1.54) is 0 Å². The Morgan fingerprint density at radius 3 is 2.65 bits per heavy atom. The Morgan fingerprint density at radius 1 is 1.06 bits per heavy atom. The molecule has 174 valence electrons. The summed E-state index contributed by atoms with van der Waals surface area (Å²) in [5.74, 6) is 2.49. The second-order valence-corrected chi connectivity index (χ2v) is 8.90. The van der Waals surface area contributed by atoms with Crippen LogP contribution in [0.1, 0.15) is 23.2 Å². The highest BCUT2D eigenvalue weighted by atomic mass is 127. The van der Waals surface area contributed by atoms with E-state index in [9.17, 15) is 4.79 Å². The van der Waals surface area contributed by atoms with E-state index in [1.807, 2.05) is 54.6 Å². The van der Waals surface area contributed by atoms with Gasteiger partial charge in [0.05, 0.1) is 18.2 Å². The zero-order chi connectivity index (χ0) is 23.7. The van der Waals surface area contributed by atoms with E-state index in [-0.39, 0.29) is 11.4 Å². The Morgan fingerprint density at radius 2 is 1.91 bits per heavy atom. The molecule has 0 aliphatic heterocycles. The third-order valence-electron chi connectivity index (χ3n) is 6.10. The fraction of sp³-hybridized carbons (Fsp3) is 0.231. The number of aromatic nitrogens is 1. The first-order valence-corrected chi connectivity index (χ1v) is 12.0. The molecule has 0 spiro atoms. The minimum absolute atomic E-state index is 0.0483. The van der Waals surface area contributed by atoms with Crippen molar-refractivity contribution in [2.24, 2.45) is 0 Å². The van der Waals surface area contributed by atoms with Crippen molar-refractivity contribution in [1.82, 2.24) is 13.8 Å². The standard InChI is InChI=1S/C26H24IN3O4/c1-28-25(31)19-5-3-4-16-12-17(6-7-18(16)19)34-22-8-11-29-21-14-24(23(32-2)13-20(21)22)33-15-26(30-27)9-10-26/h3-8,11-14,30H,9-10,15H2,1-2H3,(H,28,31). The minimum Gasteiger partial charge on any atom is -0.493 e. The fourth-order valence-corrected chi connectivity index (χ4v) is 4.60. The van der Waals surface area contributed by atoms with E-state index in [4.69, 9.17) is 14.2 Å². The van der Waals surface area contributed by atoms with Crippen LogP contribution in [0.25, 0.3) is 21.7 Å². The van der Waals surface area contributed by atoms with Gasteiger partial charge in [-0.15, -0.1) is 0 Å². The molecule has 7 nitrogen and oxygen atoms in total. The molecule has 0 radical (unpaired) electrons. The predicted molar refractivity (Wildman–Crippen MR) is 140 cm³/mol. The van der Waals surface area contributed by atoms with Crippen LogP contribution in [0.5, 0.6) is 23.0 Å². The summed E-state index contributed by atoms with van der Waals surface area (Å²) < 4.78 is 21.3. The van der Waals surface area contributed by atoms with E-state index in [2.05, 4.69) is 36.7 Å². The molecule has 8 heteroatoms. The Kier molecular flexibility index (Phi) is 6.18. The maximum atomic E-state index is 12.2. The van der Waals surface area contributed by atoms with Crippen LogP contribution >= 0.6 is 22.9 Å². The van der Waals surface area contributed by atoms with Crippen molar-refractivity contribution in [3.8, 4) is 23.0 Å². The maximum absolute atomic E-state index is 12.2. The molecule has 1 fully saturated rings. The number of benzene rings is 3. The van der Waals surface area contributed by atoms with E-state index < -0.39 is 0 Å². The monoisotopic (exact) mass is 569 g/mol. The van der Waals surface area contributed by atoms with Crippen molar-refractivity contribution in [2.75, 3.05) is 20.8 Å². The van der Waals surface area contributed by atoms with Crippen molar-refractivity contribution >= 4 is 50.4 Å². The summed E-state index contributed by atoms with van der Waals surface area (Å²) >= 11 is 2.18. The maximum Gasteiger partial charge on any atom is 0.251 e. The summed E-state index contributed by atoms with van der Waals surface area (Å²) in [7, 11) is 3.25. The average molecular weight is 569 g/mol. The topological polar surface area (TPSA) is 81.7 Å². The van der Waals surface area contributed by atoms with Gasteiger partial charge >= 0.3 is 0 Å². The number of rotatable bonds is 8. The van der Waals surface area contributed by atoms with Crippen molar-refractivity contribution in [3.63, 3.8) is 0 Å². The third kappa shape index (κ3) is 4.35. The van der Waals surface area contributed by atoms with Crippen LogP contribution in [-0.2, 0) is 0 Å². The molecule has 0 atom stereocenters. The third-order valence-corrected chi connectivity index (χ3v) is 7.24. The van der Waals surface area contributed by atoms with Crippen molar-refractivity contribution in [3.05, 3.63) is 66.4 Å². The Balaban J connectivity index is 1.47. The molecule has 0 saturated heterocycles. The molecule has 1 aliphatic rings. The van der Waals surface area contributed by atoms with E-state index in [0.29, 0.717) is 35.2 Å². The zero-order valence-corrected chi connectivity index (χ0v) is 21.0. The summed E-state index contributed by atoms with van der Waals surface area (Å²) in [5.41, 5.74) is 1.43. The summed E-state index contributed by atoms with van der Waals surface area (Å²) in [6.45, 7) is 0.573. The number of fused-ring (bicyclic) bond motifs is 2. The lowest BCUT2D eigenvalue weighted by atomic mass is 10.0. The van der Waals surface area contributed by atoms with Crippen molar-refractivity contribution in [2.45, 2.75) is 18.4 Å². The predicted octanol–water partition coefficient (Wildman–Crippen LogP) is 5.40. The first kappa shape index (κ1) is 22.7. The van der Waals surface area contributed by atoms with Gasteiger partial charge in [0.25, 0.3) is 5.91 Å². The molecule has 4 aromatic rings. The number of halogens is 1. The van der Waals surface area contributed by atoms with Crippen LogP contribution in [0.4, 0.5) is 0 Å². The SMILES string of the molecule is CNC(=O)c1cccc2cc(Oc3ccnc4cc(OCC5(NI)CC5)c(OC)cc34)ccc12. The summed E-state index contributed by atoms with van der Waals surface area (Å²) in [4.78, 5) is 16.7. The Hall–Kier alpha value is -3.11. The van der Waals surface area contributed by atoms with E-state index in [0.717, 1.165) is 34.5 Å². The van der Waals surface area contributed by atoms with Crippen LogP contribution < -0.4 is 23.1 Å². The molecule has 1 amide bonds. The number of methoxy groups -OCH3 is 1. The van der Waals surface area contributed by atoms with E-state index >= 15 is 0 Å². The van der Waals surface area contributed by atoms with E-state index in [1.54, 1.807) is 20.4 Å². The highest BCUT2D eigenvalue weighted by Crippen LogP contribution is 2.41. The molecule has 0 unspecified atom stereocenters. The number of hydrogen-bond acceptors (Lipinski definition) is 6. The number of carbonyl (C=O) groups excluding carboxylic acids is 1. The van der Waals surface area contributed by atoms with Gasteiger partial charge in [-0.3, -0.25) is 13.3 Å². The quantitative estimate of drug-likeness (QED) is 0.219. The Labute approximate surface area is 211 Å². The van der Waals surface area contributed by atoms with Gasteiger partial charge in [-0.1, -0.05) is 12.1 Å². The number of nitrogens with one attached hydrogen (secondary N) is 2. The molecular weight excluding hydrogens is 545 g/mol. The molecule has 3 aromatic carbocycles.